The summed E-state index contributed by atoms with van der Waals surface area (Å²) in [5.41, 5.74) is 6.32. The first-order valence-electron chi connectivity index (χ1n) is 6.94. The van der Waals surface area contributed by atoms with Crippen LogP contribution in [-0.4, -0.2) is 30.6 Å². The number of nitrogens with two attached hydrogens (primary N) is 1. The third kappa shape index (κ3) is 2.78. The minimum atomic E-state index is 0.545. The lowest BCUT2D eigenvalue weighted by Crippen LogP contribution is -2.42. The van der Waals surface area contributed by atoms with Crippen LogP contribution in [0.25, 0.3) is 0 Å². The maximum atomic E-state index is 5.78. The Balaban J connectivity index is 1.94. The Bertz CT molecular complexity index is 237. The molecule has 0 spiro atoms. The molecule has 1 heterocycles. The monoisotopic (exact) mass is 224 g/mol. The largest absolute Gasteiger partial charge is 0.330 e. The molecule has 1 saturated carbocycles. The highest BCUT2D eigenvalue weighted by Gasteiger charge is 2.36. The van der Waals surface area contributed by atoms with Crippen molar-refractivity contribution in [1.29, 1.82) is 0 Å². The van der Waals surface area contributed by atoms with E-state index in [-0.39, 0.29) is 0 Å². The highest BCUT2D eigenvalue weighted by molar-refractivity contribution is 4.90. The van der Waals surface area contributed by atoms with E-state index in [2.05, 4.69) is 25.7 Å². The van der Waals surface area contributed by atoms with Gasteiger partial charge in [-0.05, 0) is 56.0 Å². The van der Waals surface area contributed by atoms with Gasteiger partial charge in [-0.3, -0.25) is 0 Å². The molecule has 2 heteroatoms. The van der Waals surface area contributed by atoms with Gasteiger partial charge in [0, 0.05) is 12.6 Å². The van der Waals surface area contributed by atoms with Gasteiger partial charge in [0.05, 0.1) is 0 Å². The van der Waals surface area contributed by atoms with Gasteiger partial charge in [0.1, 0.15) is 0 Å². The second-order valence-electron chi connectivity index (χ2n) is 6.95. The first-order valence-corrected chi connectivity index (χ1v) is 6.94. The number of rotatable bonds is 2. The highest BCUT2D eigenvalue weighted by atomic mass is 15.2. The summed E-state index contributed by atoms with van der Waals surface area (Å²) < 4.78 is 0. The van der Waals surface area contributed by atoms with E-state index in [1.807, 2.05) is 0 Å². The molecule has 2 N–H and O–H groups in total. The topological polar surface area (TPSA) is 29.3 Å². The van der Waals surface area contributed by atoms with Crippen molar-refractivity contribution in [3.05, 3.63) is 0 Å². The first kappa shape index (κ1) is 12.4. The molecule has 0 radical (unpaired) electrons. The van der Waals surface area contributed by atoms with Crippen molar-refractivity contribution >= 4 is 0 Å². The summed E-state index contributed by atoms with van der Waals surface area (Å²) in [6.45, 7) is 10.7. The molecule has 0 bridgehead atoms. The number of nitrogens with zero attached hydrogens (tertiary/aromatic N) is 1. The minimum Gasteiger partial charge on any atom is -0.330 e. The molecule has 2 aliphatic rings. The standard InChI is InChI=1S/C14H28N2/c1-11-6-13(8-14(2,3)7-11)16-5-4-12(9-15)10-16/h11-13H,4-10,15H2,1-3H3. The number of hydrogen-bond acceptors (Lipinski definition) is 2. The van der Waals surface area contributed by atoms with E-state index in [4.69, 9.17) is 5.73 Å². The maximum absolute atomic E-state index is 5.78. The van der Waals surface area contributed by atoms with E-state index in [1.165, 1.54) is 38.8 Å². The quantitative estimate of drug-likeness (QED) is 0.781. The maximum Gasteiger partial charge on any atom is 0.0103 e. The second-order valence-corrected chi connectivity index (χ2v) is 6.95. The molecule has 3 atom stereocenters. The molecule has 2 fully saturated rings. The Morgan fingerprint density at radius 3 is 2.62 bits per heavy atom. The van der Waals surface area contributed by atoms with Gasteiger partial charge in [-0.2, -0.15) is 0 Å². The molecule has 94 valence electrons. The molecule has 2 rings (SSSR count). The van der Waals surface area contributed by atoms with Crippen LogP contribution < -0.4 is 5.73 Å². The van der Waals surface area contributed by atoms with Crippen LogP contribution in [0.5, 0.6) is 0 Å². The Morgan fingerprint density at radius 2 is 2.06 bits per heavy atom. The summed E-state index contributed by atoms with van der Waals surface area (Å²) in [5.74, 6) is 1.66. The van der Waals surface area contributed by atoms with Crippen LogP contribution in [0.2, 0.25) is 0 Å². The zero-order chi connectivity index (χ0) is 11.8. The molecular formula is C14H28N2. The summed E-state index contributed by atoms with van der Waals surface area (Å²) in [6, 6.07) is 0.829. The van der Waals surface area contributed by atoms with E-state index >= 15 is 0 Å². The number of likely N-dealkylation sites (tertiary alicyclic amines) is 1. The van der Waals surface area contributed by atoms with Crippen molar-refractivity contribution in [3.63, 3.8) is 0 Å². The SMILES string of the molecule is CC1CC(N2CCC(CN)C2)CC(C)(C)C1. The fraction of sp³-hybridized carbons (Fsp3) is 1.00. The average molecular weight is 224 g/mol. The molecule has 1 aliphatic carbocycles. The third-order valence-corrected chi connectivity index (χ3v) is 4.53. The molecule has 0 aromatic carbocycles. The molecule has 0 aromatic heterocycles. The summed E-state index contributed by atoms with van der Waals surface area (Å²) in [4.78, 5) is 2.72. The van der Waals surface area contributed by atoms with Gasteiger partial charge in [0.15, 0.2) is 0 Å². The van der Waals surface area contributed by atoms with Crippen LogP contribution in [0.1, 0.15) is 46.5 Å². The van der Waals surface area contributed by atoms with E-state index in [0.29, 0.717) is 5.41 Å². The Hall–Kier alpha value is -0.0800. The molecule has 1 saturated heterocycles. The van der Waals surface area contributed by atoms with Crippen LogP contribution in [0.3, 0.4) is 0 Å². The molecular weight excluding hydrogens is 196 g/mol. The van der Waals surface area contributed by atoms with Crippen LogP contribution in [-0.2, 0) is 0 Å². The lowest BCUT2D eigenvalue weighted by Gasteiger charge is -2.43. The average Bonchev–Trinajstić information content (AvgIpc) is 2.62. The Morgan fingerprint density at radius 1 is 1.31 bits per heavy atom. The van der Waals surface area contributed by atoms with E-state index in [9.17, 15) is 0 Å². The zero-order valence-electron chi connectivity index (χ0n) is 11.2. The van der Waals surface area contributed by atoms with Crippen molar-refractivity contribution in [1.82, 2.24) is 4.90 Å². The van der Waals surface area contributed by atoms with Gasteiger partial charge in [-0.25, -0.2) is 0 Å². The predicted molar refractivity (Wildman–Crippen MR) is 69.3 cm³/mol. The van der Waals surface area contributed by atoms with Gasteiger partial charge >= 0.3 is 0 Å². The van der Waals surface area contributed by atoms with Crippen molar-refractivity contribution < 1.29 is 0 Å². The molecule has 16 heavy (non-hydrogen) atoms. The van der Waals surface area contributed by atoms with E-state index < -0.39 is 0 Å². The Labute approximate surface area is 101 Å². The van der Waals surface area contributed by atoms with Gasteiger partial charge in [-0.15, -0.1) is 0 Å². The lowest BCUT2D eigenvalue weighted by molar-refractivity contribution is 0.0797. The van der Waals surface area contributed by atoms with Gasteiger partial charge < -0.3 is 10.6 Å². The molecule has 3 unspecified atom stereocenters. The molecule has 1 aliphatic heterocycles. The fourth-order valence-corrected chi connectivity index (χ4v) is 3.96. The van der Waals surface area contributed by atoms with E-state index in [1.54, 1.807) is 0 Å². The summed E-state index contributed by atoms with van der Waals surface area (Å²) in [6.07, 6.45) is 5.51. The van der Waals surface area contributed by atoms with Crippen LogP contribution in [0.4, 0.5) is 0 Å². The van der Waals surface area contributed by atoms with Gasteiger partial charge in [0.2, 0.25) is 0 Å². The van der Waals surface area contributed by atoms with Crippen molar-refractivity contribution in [2.24, 2.45) is 23.0 Å². The summed E-state index contributed by atoms with van der Waals surface area (Å²) in [7, 11) is 0. The molecule has 0 amide bonds. The van der Waals surface area contributed by atoms with Gasteiger partial charge in [0.25, 0.3) is 0 Å². The smallest absolute Gasteiger partial charge is 0.0103 e. The highest BCUT2D eigenvalue weighted by Crippen LogP contribution is 2.41. The van der Waals surface area contributed by atoms with Crippen LogP contribution in [0, 0.1) is 17.3 Å². The first-order chi connectivity index (χ1) is 7.50. The fourth-order valence-electron chi connectivity index (χ4n) is 3.96. The van der Waals surface area contributed by atoms with Crippen LogP contribution >= 0.6 is 0 Å². The third-order valence-electron chi connectivity index (χ3n) is 4.53. The lowest BCUT2D eigenvalue weighted by atomic mass is 9.70. The van der Waals surface area contributed by atoms with E-state index in [0.717, 1.165) is 24.4 Å². The summed E-state index contributed by atoms with van der Waals surface area (Å²) in [5, 5.41) is 0. The van der Waals surface area contributed by atoms with Crippen molar-refractivity contribution in [2.45, 2.75) is 52.5 Å². The van der Waals surface area contributed by atoms with Gasteiger partial charge in [-0.1, -0.05) is 20.8 Å². The summed E-state index contributed by atoms with van der Waals surface area (Å²) >= 11 is 0. The zero-order valence-corrected chi connectivity index (χ0v) is 11.2. The normalized spacial score (nSPS) is 40.1. The van der Waals surface area contributed by atoms with Crippen molar-refractivity contribution in [2.75, 3.05) is 19.6 Å². The molecule has 0 aromatic rings. The van der Waals surface area contributed by atoms with Crippen molar-refractivity contribution in [3.8, 4) is 0 Å². The van der Waals surface area contributed by atoms with Crippen LogP contribution in [0.15, 0.2) is 0 Å². The second kappa shape index (κ2) is 4.66. The molecule has 2 nitrogen and oxygen atoms in total. The minimum absolute atomic E-state index is 0.545. The number of hydrogen-bond donors (Lipinski definition) is 1. The Kier molecular flexibility index (Phi) is 3.60. The predicted octanol–water partition coefficient (Wildman–Crippen LogP) is 2.48.